The number of hydrogen-bond acceptors (Lipinski definition) is 4. The van der Waals surface area contributed by atoms with Crippen LogP contribution in [0.4, 0.5) is 4.39 Å². The van der Waals surface area contributed by atoms with Crippen LogP contribution in [-0.4, -0.2) is 44.6 Å². The van der Waals surface area contributed by atoms with Gasteiger partial charge in [-0.3, -0.25) is 4.79 Å². The summed E-state index contributed by atoms with van der Waals surface area (Å²) in [7, 11) is -3.38. The van der Waals surface area contributed by atoms with Crippen molar-refractivity contribution in [2.75, 3.05) is 25.4 Å². The number of halogens is 1. The van der Waals surface area contributed by atoms with E-state index in [2.05, 4.69) is 4.90 Å². The molecule has 1 atom stereocenters. The van der Waals surface area contributed by atoms with Crippen molar-refractivity contribution in [3.05, 3.63) is 30.1 Å². The third-order valence-electron chi connectivity index (χ3n) is 3.73. The van der Waals surface area contributed by atoms with Gasteiger partial charge in [0.1, 0.15) is 5.82 Å². The van der Waals surface area contributed by atoms with E-state index >= 15 is 0 Å². The topological polar surface area (TPSA) is 80.5 Å². The normalized spacial score (nSPS) is 19.8. The van der Waals surface area contributed by atoms with Gasteiger partial charge in [0.2, 0.25) is 5.91 Å². The molecule has 2 rings (SSSR count). The molecule has 0 unspecified atom stereocenters. The molecule has 21 heavy (non-hydrogen) atoms. The van der Waals surface area contributed by atoms with Crippen LogP contribution < -0.4 is 5.73 Å². The Morgan fingerprint density at radius 3 is 2.57 bits per heavy atom. The van der Waals surface area contributed by atoms with Gasteiger partial charge in [0.25, 0.3) is 0 Å². The van der Waals surface area contributed by atoms with Gasteiger partial charge in [-0.2, -0.15) is 0 Å². The molecule has 1 aliphatic rings. The zero-order valence-corrected chi connectivity index (χ0v) is 12.5. The second kappa shape index (κ2) is 6.53. The minimum atomic E-state index is -3.38. The summed E-state index contributed by atoms with van der Waals surface area (Å²) in [5, 5.41) is 0. The minimum Gasteiger partial charge on any atom is -0.369 e. The maximum atomic E-state index is 12.8. The second-order valence-corrected chi connectivity index (χ2v) is 7.42. The molecule has 0 saturated carbocycles. The summed E-state index contributed by atoms with van der Waals surface area (Å²) >= 11 is 0. The lowest BCUT2D eigenvalue weighted by atomic mass is 10.1. The molecular weight excluding hydrogens is 295 g/mol. The zero-order chi connectivity index (χ0) is 15.5. The molecule has 1 aromatic carbocycles. The van der Waals surface area contributed by atoms with Gasteiger partial charge in [-0.1, -0.05) is 0 Å². The van der Waals surface area contributed by atoms with E-state index in [1.807, 2.05) is 0 Å². The number of rotatable bonds is 6. The molecule has 0 bridgehead atoms. The third-order valence-corrected chi connectivity index (χ3v) is 5.55. The monoisotopic (exact) mass is 314 g/mol. The SMILES string of the molecule is NC(=O)[C@@H]1CCN(CCCS(=O)(=O)c2ccc(F)cc2)C1. The lowest BCUT2D eigenvalue weighted by Crippen LogP contribution is -2.28. The number of primary amides is 1. The zero-order valence-electron chi connectivity index (χ0n) is 11.7. The Bertz CT molecular complexity index is 601. The van der Waals surface area contributed by atoms with Crippen molar-refractivity contribution in [3.63, 3.8) is 0 Å². The van der Waals surface area contributed by atoms with E-state index in [9.17, 15) is 17.6 Å². The van der Waals surface area contributed by atoms with Crippen molar-refractivity contribution in [2.45, 2.75) is 17.7 Å². The Morgan fingerprint density at radius 2 is 2.00 bits per heavy atom. The fourth-order valence-electron chi connectivity index (χ4n) is 2.51. The smallest absolute Gasteiger partial charge is 0.221 e. The van der Waals surface area contributed by atoms with E-state index < -0.39 is 15.7 Å². The van der Waals surface area contributed by atoms with Crippen LogP contribution in [0.5, 0.6) is 0 Å². The van der Waals surface area contributed by atoms with Gasteiger partial charge in [-0.15, -0.1) is 0 Å². The van der Waals surface area contributed by atoms with Crippen molar-refractivity contribution in [2.24, 2.45) is 11.7 Å². The average Bonchev–Trinajstić information content (AvgIpc) is 2.88. The molecule has 1 amide bonds. The molecule has 0 aromatic heterocycles. The molecule has 1 heterocycles. The van der Waals surface area contributed by atoms with Crippen molar-refractivity contribution < 1.29 is 17.6 Å². The maximum Gasteiger partial charge on any atom is 0.221 e. The highest BCUT2D eigenvalue weighted by molar-refractivity contribution is 7.91. The Kier molecular flexibility index (Phi) is 4.95. The van der Waals surface area contributed by atoms with Gasteiger partial charge in [0.15, 0.2) is 9.84 Å². The fourth-order valence-corrected chi connectivity index (χ4v) is 3.80. The van der Waals surface area contributed by atoms with E-state index in [-0.39, 0.29) is 22.5 Å². The van der Waals surface area contributed by atoms with E-state index in [1.54, 1.807) is 0 Å². The molecule has 5 nitrogen and oxygen atoms in total. The Morgan fingerprint density at radius 1 is 1.33 bits per heavy atom. The van der Waals surface area contributed by atoms with Crippen LogP contribution in [0.15, 0.2) is 29.2 Å². The first-order valence-corrected chi connectivity index (χ1v) is 8.54. The molecule has 1 aromatic rings. The summed E-state index contributed by atoms with van der Waals surface area (Å²) in [6.45, 7) is 1.99. The lowest BCUT2D eigenvalue weighted by molar-refractivity contribution is -0.121. The van der Waals surface area contributed by atoms with E-state index in [0.717, 1.165) is 25.1 Å². The van der Waals surface area contributed by atoms with Crippen LogP contribution in [0.1, 0.15) is 12.8 Å². The van der Waals surface area contributed by atoms with Crippen LogP contribution in [0.3, 0.4) is 0 Å². The van der Waals surface area contributed by atoms with Gasteiger partial charge < -0.3 is 10.6 Å². The number of benzene rings is 1. The van der Waals surface area contributed by atoms with Gasteiger partial charge in [0.05, 0.1) is 16.6 Å². The average molecular weight is 314 g/mol. The first-order valence-electron chi connectivity index (χ1n) is 6.88. The number of hydrogen-bond donors (Lipinski definition) is 1. The molecule has 2 N–H and O–H groups in total. The number of likely N-dealkylation sites (tertiary alicyclic amines) is 1. The standard InChI is InChI=1S/C14H19FN2O3S/c15-12-2-4-13(5-3-12)21(19,20)9-1-7-17-8-6-11(10-17)14(16)18/h2-5,11H,1,6-10H2,(H2,16,18)/t11-/m1/s1. The van der Waals surface area contributed by atoms with Crippen molar-refractivity contribution in [1.29, 1.82) is 0 Å². The number of nitrogens with zero attached hydrogens (tertiary/aromatic N) is 1. The van der Waals surface area contributed by atoms with Crippen LogP contribution in [0.25, 0.3) is 0 Å². The van der Waals surface area contributed by atoms with Crippen molar-refractivity contribution >= 4 is 15.7 Å². The van der Waals surface area contributed by atoms with E-state index in [4.69, 9.17) is 5.73 Å². The van der Waals surface area contributed by atoms with Gasteiger partial charge >= 0.3 is 0 Å². The largest absolute Gasteiger partial charge is 0.369 e. The molecule has 1 fully saturated rings. The quantitative estimate of drug-likeness (QED) is 0.788. The van der Waals surface area contributed by atoms with E-state index in [1.165, 1.54) is 12.1 Å². The highest BCUT2D eigenvalue weighted by Crippen LogP contribution is 2.17. The predicted molar refractivity (Wildman–Crippen MR) is 76.8 cm³/mol. The highest BCUT2D eigenvalue weighted by Gasteiger charge is 2.26. The first-order chi connectivity index (χ1) is 9.88. The van der Waals surface area contributed by atoms with Gasteiger partial charge in [0, 0.05) is 6.54 Å². The maximum absolute atomic E-state index is 12.8. The first kappa shape index (κ1) is 15.9. The Labute approximate surface area is 123 Å². The molecule has 0 radical (unpaired) electrons. The summed E-state index contributed by atoms with van der Waals surface area (Å²) in [5.74, 6) is -0.866. The summed E-state index contributed by atoms with van der Waals surface area (Å²) in [6.07, 6.45) is 1.21. The third kappa shape index (κ3) is 4.25. The fraction of sp³-hybridized carbons (Fsp3) is 0.500. The molecule has 0 spiro atoms. The van der Waals surface area contributed by atoms with Crippen LogP contribution in [-0.2, 0) is 14.6 Å². The number of sulfone groups is 1. The summed E-state index contributed by atoms with van der Waals surface area (Å²) in [6, 6.07) is 4.85. The summed E-state index contributed by atoms with van der Waals surface area (Å²) < 4.78 is 36.9. The Balaban J connectivity index is 1.83. The van der Waals surface area contributed by atoms with E-state index in [0.29, 0.717) is 19.5 Å². The van der Waals surface area contributed by atoms with Crippen molar-refractivity contribution in [3.8, 4) is 0 Å². The highest BCUT2D eigenvalue weighted by atomic mass is 32.2. The molecule has 0 aliphatic carbocycles. The van der Waals surface area contributed by atoms with Crippen LogP contribution >= 0.6 is 0 Å². The number of carbonyl (C=O) groups is 1. The summed E-state index contributed by atoms with van der Waals surface area (Å²) in [4.78, 5) is 13.3. The number of carbonyl (C=O) groups excluding carboxylic acids is 1. The number of nitrogens with two attached hydrogens (primary N) is 1. The molecular formula is C14H19FN2O3S. The molecule has 7 heteroatoms. The Hall–Kier alpha value is -1.47. The van der Waals surface area contributed by atoms with Crippen LogP contribution in [0, 0.1) is 11.7 Å². The van der Waals surface area contributed by atoms with Crippen LogP contribution in [0.2, 0.25) is 0 Å². The second-order valence-electron chi connectivity index (χ2n) is 5.31. The number of amides is 1. The minimum absolute atomic E-state index is 0.0103. The summed E-state index contributed by atoms with van der Waals surface area (Å²) in [5.41, 5.74) is 5.25. The van der Waals surface area contributed by atoms with Gasteiger partial charge in [-0.05, 0) is 50.2 Å². The molecule has 1 saturated heterocycles. The predicted octanol–water partition coefficient (Wildman–Crippen LogP) is 0.797. The lowest BCUT2D eigenvalue weighted by Gasteiger charge is -2.15. The van der Waals surface area contributed by atoms with Crippen molar-refractivity contribution in [1.82, 2.24) is 4.90 Å². The van der Waals surface area contributed by atoms with Gasteiger partial charge in [-0.25, -0.2) is 12.8 Å². The molecule has 116 valence electrons. The molecule has 1 aliphatic heterocycles.